The van der Waals surface area contributed by atoms with E-state index < -0.39 is 0 Å². The lowest BCUT2D eigenvalue weighted by Gasteiger charge is -2.35. The second-order valence-electron chi connectivity index (χ2n) is 7.68. The Morgan fingerprint density at radius 3 is 2.07 bits per heavy atom. The largest absolute Gasteiger partial charge is 0.398 e. The molecule has 1 nitrogen and oxygen atoms in total. The van der Waals surface area contributed by atoms with Crippen LogP contribution in [0.5, 0.6) is 0 Å². The van der Waals surface area contributed by atoms with Gasteiger partial charge < -0.3 is 5.73 Å². The van der Waals surface area contributed by atoms with Gasteiger partial charge in [-0.2, -0.15) is 0 Å². The number of benzene rings is 3. The third-order valence-electron chi connectivity index (χ3n) is 6.06. The summed E-state index contributed by atoms with van der Waals surface area (Å²) in [6.07, 6.45) is 5.74. The zero-order valence-corrected chi connectivity index (χ0v) is 15.5. The van der Waals surface area contributed by atoms with Crippen LogP contribution in [0, 0.1) is 5.92 Å². The van der Waals surface area contributed by atoms with Crippen molar-refractivity contribution in [1.29, 1.82) is 0 Å². The summed E-state index contributed by atoms with van der Waals surface area (Å²) >= 11 is 0. The molecule has 2 N–H and O–H groups in total. The Bertz CT molecular complexity index is 1020. The van der Waals surface area contributed by atoms with Gasteiger partial charge in [0.2, 0.25) is 0 Å². The maximum absolute atomic E-state index is 6.54. The smallest absolute Gasteiger partial charge is 0.0710 e. The van der Waals surface area contributed by atoms with E-state index in [9.17, 15) is 0 Å². The van der Waals surface area contributed by atoms with Crippen molar-refractivity contribution in [3.05, 3.63) is 119 Å². The van der Waals surface area contributed by atoms with Crippen LogP contribution in [0.2, 0.25) is 0 Å². The van der Waals surface area contributed by atoms with E-state index in [0.29, 0.717) is 5.92 Å². The first-order chi connectivity index (χ1) is 13.2. The molecule has 0 saturated carbocycles. The summed E-state index contributed by atoms with van der Waals surface area (Å²) in [6, 6.07) is 28.1. The van der Waals surface area contributed by atoms with Gasteiger partial charge in [-0.1, -0.05) is 91.9 Å². The van der Waals surface area contributed by atoms with Crippen LogP contribution in [-0.2, 0) is 5.41 Å². The quantitative estimate of drug-likeness (QED) is 0.567. The fraction of sp³-hybridized carbons (Fsp3) is 0.154. The van der Waals surface area contributed by atoms with Crippen molar-refractivity contribution in [2.24, 2.45) is 5.92 Å². The SMILES string of the molecule is CC1C=CC2=C(C1)c1c(N)cccc1C2(c1ccccc1)c1ccccc1. The fourth-order valence-electron chi connectivity index (χ4n) is 4.98. The summed E-state index contributed by atoms with van der Waals surface area (Å²) in [5, 5.41) is 0. The minimum Gasteiger partial charge on any atom is -0.398 e. The predicted octanol–water partition coefficient (Wildman–Crippen LogP) is 5.97. The van der Waals surface area contributed by atoms with Crippen LogP contribution in [0.15, 0.2) is 96.6 Å². The van der Waals surface area contributed by atoms with E-state index in [1.54, 1.807) is 0 Å². The summed E-state index contributed by atoms with van der Waals surface area (Å²) in [4.78, 5) is 0. The van der Waals surface area contributed by atoms with Gasteiger partial charge in [-0.05, 0) is 46.2 Å². The van der Waals surface area contributed by atoms with Gasteiger partial charge >= 0.3 is 0 Å². The van der Waals surface area contributed by atoms with Gasteiger partial charge in [0.15, 0.2) is 0 Å². The predicted molar refractivity (Wildman–Crippen MR) is 113 cm³/mol. The van der Waals surface area contributed by atoms with Crippen molar-refractivity contribution < 1.29 is 0 Å². The van der Waals surface area contributed by atoms with Gasteiger partial charge in [0, 0.05) is 11.3 Å². The first-order valence-corrected chi connectivity index (χ1v) is 9.65. The van der Waals surface area contributed by atoms with Gasteiger partial charge in [-0.3, -0.25) is 0 Å². The Balaban J connectivity index is 1.95. The third-order valence-corrected chi connectivity index (χ3v) is 6.06. The molecule has 0 saturated heterocycles. The van der Waals surface area contributed by atoms with Gasteiger partial charge in [-0.15, -0.1) is 0 Å². The first kappa shape index (κ1) is 16.1. The molecule has 1 heteroatoms. The molecular weight excluding hydrogens is 326 g/mol. The number of rotatable bonds is 2. The first-order valence-electron chi connectivity index (χ1n) is 9.65. The number of anilines is 1. The van der Waals surface area contributed by atoms with Crippen LogP contribution in [0.25, 0.3) is 5.57 Å². The van der Waals surface area contributed by atoms with Gasteiger partial charge in [0.05, 0.1) is 5.41 Å². The molecule has 2 aliphatic rings. The Hall–Kier alpha value is -3.06. The topological polar surface area (TPSA) is 26.0 Å². The highest BCUT2D eigenvalue weighted by Gasteiger charge is 2.48. The average Bonchev–Trinajstić information content (AvgIpc) is 3.01. The molecule has 0 radical (unpaired) electrons. The summed E-state index contributed by atoms with van der Waals surface area (Å²) in [5.74, 6) is 0.526. The van der Waals surface area contributed by atoms with Crippen molar-refractivity contribution >= 4 is 11.3 Å². The fourth-order valence-corrected chi connectivity index (χ4v) is 4.98. The van der Waals surface area contributed by atoms with Crippen LogP contribution in [0.1, 0.15) is 35.6 Å². The molecule has 5 rings (SSSR count). The van der Waals surface area contributed by atoms with E-state index in [0.717, 1.165) is 12.1 Å². The number of hydrogen-bond donors (Lipinski definition) is 1. The number of nitrogen functional groups attached to an aromatic ring is 1. The van der Waals surface area contributed by atoms with E-state index in [2.05, 4.69) is 91.9 Å². The molecule has 1 unspecified atom stereocenters. The average molecular weight is 349 g/mol. The second kappa shape index (κ2) is 5.99. The summed E-state index contributed by atoms with van der Waals surface area (Å²) in [5.41, 5.74) is 15.1. The van der Waals surface area contributed by atoms with Gasteiger partial charge in [0.25, 0.3) is 0 Å². The van der Waals surface area contributed by atoms with Crippen LogP contribution in [0.4, 0.5) is 5.69 Å². The third kappa shape index (κ3) is 2.18. The number of nitrogens with two attached hydrogens (primary N) is 1. The minimum atomic E-state index is -0.306. The molecule has 0 spiro atoms. The van der Waals surface area contributed by atoms with Crippen molar-refractivity contribution in [1.82, 2.24) is 0 Å². The number of hydrogen-bond acceptors (Lipinski definition) is 1. The maximum atomic E-state index is 6.54. The van der Waals surface area contributed by atoms with E-state index in [-0.39, 0.29) is 5.41 Å². The highest BCUT2D eigenvalue weighted by molar-refractivity contribution is 5.92. The molecule has 0 bridgehead atoms. The van der Waals surface area contributed by atoms with Crippen molar-refractivity contribution in [2.45, 2.75) is 18.8 Å². The lowest BCUT2D eigenvalue weighted by Crippen LogP contribution is -2.29. The summed E-state index contributed by atoms with van der Waals surface area (Å²) in [7, 11) is 0. The molecule has 0 aromatic heterocycles. The standard InChI is InChI=1S/C26H23N/c1-18-15-16-22-21(17-18)25-23(13-8-14-24(25)27)26(22,19-9-4-2-5-10-19)20-11-6-3-7-12-20/h2-16,18H,17,27H2,1H3. The highest BCUT2D eigenvalue weighted by Crippen LogP contribution is 2.58. The monoisotopic (exact) mass is 349 g/mol. The van der Waals surface area contributed by atoms with Crippen LogP contribution >= 0.6 is 0 Å². The zero-order chi connectivity index (χ0) is 18.4. The van der Waals surface area contributed by atoms with E-state index in [1.807, 2.05) is 6.07 Å². The molecule has 0 heterocycles. The highest BCUT2D eigenvalue weighted by atomic mass is 14.6. The molecule has 0 amide bonds. The molecule has 2 aliphatic carbocycles. The maximum Gasteiger partial charge on any atom is 0.0710 e. The Labute approximate surface area is 160 Å². The van der Waals surface area contributed by atoms with Gasteiger partial charge in [-0.25, -0.2) is 0 Å². The van der Waals surface area contributed by atoms with Crippen molar-refractivity contribution in [3.63, 3.8) is 0 Å². The molecule has 3 aromatic rings. The molecular formula is C26H23N. The van der Waals surface area contributed by atoms with E-state index >= 15 is 0 Å². The summed E-state index contributed by atoms with van der Waals surface area (Å²) < 4.78 is 0. The minimum absolute atomic E-state index is 0.306. The Kier molecular flexibility index (Phi) is 3.58. The van der Waals surface area contributed by atoms with E-state index in [1.165, 1.54) is 33.4 Å². The van der Waals surface area contributed by atoms with Crippen molar-refractivity contribution in [3.8, 4) is 0 Å². The van der Waals surface area contributed by atoms with Crippen LogP contribution in [-0.4, -0.2) is 0 Å². The molecule has 3 aromatic carbocycles. The second-order valence-corrected chi connectivity index (χ2v) is 7.68. The lowest BCUT2D eigenvalue weighted by atomic mass is 9.66. The zero-order valence-electron chi connectivity index (χ0n) is 15.5. The van der Waals surface area contributed by atoms with Crippen LogP contribution < -0.4 is 5.73 Å². The molecule has 132 valence electrons. The number of fused-ring (bicyclic) bond motifs is 2. The number of allylic oxidation sites excluding steroid dienone is 4. The molecule has 0 aliphatic heterocycles. The Morgan fingerprint density at radius 2 is 1.44 bits per heavy atom. The summed E-state index contributed by atoms with van der Waals surface area (Å²) in [6.45, 7) is 2.28. The Morgan fingerprint density at radius 1 is 0.815 bits per heavy atom. The molecule has 27 heavy (non-hydrogen) atoms. The van der Waals surface area contributed by atoms with Crippen LogP contribution in [0.3, 0.4) is 0 Å². The lowest BCUT2D eigenvalue weighted by molar-refractivity contribution is 0.718. The van der Waals surface area contributed by atoms with Gasteiger partial charge in [0.1, 0.15) is 0 Å². The van der Waals surface area contributed by atoms with Crippen molar-refractivity contribution in [2.75, 3.05) is 5.73 Å². The van der Waals surface area contributed by atoms with E-state index in [4.69, 9.17) is 5.73 Å². The molecule has 0 fully saturated rings. The molecule has 1 atom stereocenters. The normalized spacial score (nSPS) is 19.7.